The molecule has 0 aromatic heterocycles. The van der Waals surface area contributed by atoms with Gasteiger partial charge in [0.25, 0.3) is 0 Å². The van der Waals surface area contributed by atoms with Gasteiger partial charge in [0.15, 0.2) is 0 Å². The topological polar surface area (TPSA) is 63.6 Å². The normalized spacial score (nSPS) is 13.1. The SMILES string of the molecule is CCOC(=O)C(C)c1cccc(-c2ccc(C(C)C(=O)O)cc2)c1. The Morgan fingerprint density at radius 3 is 2.21 bits per heavy atom. The highest BCUT2D eigenvalue weighted by molar-refractivity contribution is 5.79. The zero-order chi connectivity index (χ0) is 17.7. The molecule has 0 aliphatic rings. The number of carboxylic acid groups (broad SMARTS) is 1. The summed E-state index contributed by atoms with van der Waals surface area (Å²) in [5.41, 5.74) is 3.63. The fourth-order valence-electron chi connectivity index (χ4n) is 2.50. The summed E-state index contributed by atoms with van der Waals surface area (Å²) in [4.78, 5) is 22.9. The standard InChI is InChI=1S/C20H22O4/c1-4-24-20(23)14(3)17-6-5-7-18(12-17)16-10-8-15(9-11-16)13(2)19(21)22/h5-14H,4H2,1-3H3,(H,21,22). The molecule has 2 atom stereocenters. The van der Waals surface area contributed by atoms with Crippen LogP contribution >= 0.6 is 0 Å². The molecule has 0 fully saturated rings. The van der Waals surface area contributed by atoms with Gasteiger partial charge in [-0.2, -0.15) is 0 Å². The average Bonchev–Trinajstić information content (AvgIpc) is 2.60. The number of carbonyl (C=O) groups excluding carboxylic acids is 1. The third kappa shape index (κ3) is 4.02. The highest BCUT2D eigenvalue weighted by Gasteiger charge is 2.17. The number of rotatable bonds is 6. The molecule has 1 N–H and O–H groups in total. The van der Waals surface area contributed by atoms with E-state index in [1.54, 1.807) is 13.8 Å². The molecule has 4 heteroatoms. The number of benzene rings is 2. The first-order chi connectivity index (χ1) is 11.4. The van der Waals surface area contributed by atoms with Crippen molar-refractivity contribution in [2.75, 3.05) is 6.61 Å². The van der Waals surface area contributed by atoms with E-state index in [0.717, 1.165) is 22.3 Å². The van der Waals surface area contributed by atoms with E-state index in [2.05, 4.69) is 0 Å². The summed E-state index contributed by atoms with van der Waals surface area (Å²) in [5.74, 6) is -1.93. The fraction of sp³-hybridized carbons (Fsp3) is 0.300. The molecule has 2 aromatic carbocycles. The number of hydrogen-bond donors (Lipinski definition) is 1. The van der Waals surface area contributed by atoms with Crippen molar-refractivity contribution in [3.63, 3.8) is 0 Å². The lowest BCUT2D eigenvalue weighted by Crippen LogP contribution is -2.12. The summed E-state index contributed by atoms with van der Waals surface area (Å²) < 4.78 is 5.07. The van der Waals surface area contributed by atoms with Gasteiger partial charge in [-0.3, -0.25) is 9.59 Å². The number of ether oxygens (including phenoxy) is 1. The Bertz CT molecular complexity index is 719. The van der Waals surface area contributed by atoms with Crippen molar-refractivity contribution in [3.05, 3.63) is 59.7 Å². The molecular weight excluding hydrogens is 304 g/mol. The minimum Gasteiger partial charge on any atom is -0.481 e. The van der Waals surface area contributed by atoms with Crippen molar-refractivity contribution < 1.29 is 19.4 Å². The van der Waals surface area contributed by atoms with E-state index in [-0.39, 0.29) is 11.9 Å². The maximum atomic E-state index is 11.9. The lowest BCUT2D eigenvalue weighted by Gasteiger charge is -2.13. The first-order valence-corrected chi connectivity index (χ1v) is 8.03. The van der Waals surface area contributed by atoms with Crippen LogP contribution in [-0.4, -0.2) is 23.7 Å². The van der Waals surface area contributed by atoms with Gasteiger partial charge < -0.3 is 9.84 Å². The number of esters is 1. The molecule has 2 aromatic rings. The third-order valence-corrected chi connectivity index (χ3v) is 4.14. The summed E-state index contributed by atoms with van der Waals surface area (Å²) in [5, 5.41) is 9.07. The van der Waals surface area contributed by atoms with Gasteiger partial charge in [-0.05, 0) is 43.0 Å². The molecule has 0 heterocycles. The van der Waals surface area contributed by atoms with Crippen LogP contribution < -0.4 is 0 Å². The summed E-state index contributed by atoms with van der Waals surface area (Å²) >= 11 is 0. The van der Waals surface area contributed by atoms with Crippen LogP contribution in [0.5, 0.6) is 0 Å². The van der Waals surface area contributed by atoms with Gasteiger partial charge in [-0.1, -0.05) is 48.5 Å². The van der Waals surface area contributed by atoms with Crippen LogP contribution in [0, 0.1) is 0 Å². The van der Waals surface area contributed by atoms with E-state index in [9.17, 15) is 9.59 Å². The van der Waals surface area contributed by atoms with Crippen LogP contribution in [0.15, 0.2) is 48.5 Å². The Morgan fingerprint density at radius 2 is 1.62 bits per heavy atom. The zero-order valence-electron chi connectivity index (χ0n) is 14.2. The second kappa shape index (κ2) is 7.77. The minimum atomic E-state index is -0.840. The first-order valence-electron chi connectivity index (χ1n) is 8.03. The lowest BCUT2D eigenvalue weighted by atomic mass is 9.94. The molecule has 4 nitrogen and oxygen atoms in total. The van der Waals surface area contributed by atoms with Gasteiger partial charge in [0.05, 0.1) is 18.4 Å². The van der Waals surface area contributed by atoms with Crippen molar-refractivity contribution in [1.29, 1.82) is 0 Å². The largest absolute Gasteiger partial charge is 0.481 e. The Morgan fingerprint density at radius 1 is 0.958 bits per heavy atom. The summed E-state index contributed by atoms with van der Waals surface area (Å²) in [6.07, 6.45) is 0. The second-order valence-corrected chi connectivity index (χ2v) is 5.78. The van der Waals surface area contributed by atoms with Gasteiger partial charge >= 0.3 is 11.9 Å². The van der Waals surface area contributed by atoms with E-state index in [4.69, 9.17) is 9.84 Å². The zero-order valence-corrected chi connectivity index (χ0v) is 14.2. The molecule has 0 aliphatic heterocycles. The maximum Gasteiger partial charge on any atom is 0.313 e. The molecule has 0 bridgehead atoms. The average molecular weight is 326 g/mol. The molecule has 24 heavy (non-hydrogen) atoms. The van der Waals surface area contributed by atoms with Crippen LogP contribution in [0.25, 0.3) is 11.1 Å². The molecular formula is C20H22O4. The van der Waals surface area contributed by atoms with Crippen LogP contribution in [0.2, 0.25) is 0 Å². The number of carbonyl (C=O) groups is 2. The summed E-state index contributed by atoms with van der Waals surface area (Å²) in [6.45, 7) is 5.65. The predicted molar refractivity (Wildman–Crippen MR) is 93.0 cm³/mol. The highest BCUT2D eigenvalue weighted by Crippen LogP contribution is 2.26. The Labute approximate surface area is 142 Å². The van der Waals surface area contributed by atoms with Crippen LogP contribution in [0.3, 0.4) is 0 Å². The number of carboxylic acids is 1. The van der Waals surface area contributed by atoms with E-state index in [1.807, 2.05) is 55.5 Å². The van der Waals surface area contributed by atoms with Crippen molar-refractivity contribution in [2.24, 2.45) is 0 Å². The molecule has 2 unspecified atom stereocenters. The molecule has 0 amide bonds. The molecule has 126 valence electrons. The molecule has 0 saturated carbocycles. The quantitative estimate of drug-likeness (QED) is 0.808. The predicted octanol–water partition coefficient (Wildman–Crippen LogP) is 4.21. The van der Waals surface area contributed by atoms with Gasteiger partial charge in [-0.15, -0.1) is 0 Å². The first kappa shape index (κ1) is 17.7. The maximum absolute atomic E-state index is 11.9. The fourth-order valence-corrected chi connectivity index (χ4v) is 2.50. The van der Waals surface area contributed by atoms with Crippen molar-refractivity contribution >= 4 is 11.9 Å². The minimum absolute atomic E-state index is 0.236. The monoisotopic (exact) mass is 326 g/mol. The molecule has 0 radical (unpaired) electrons. The number of aliphatic carboxylic acids is 1. The van der Waals surface area contributed by atoms with Crippen molar-refractivity contribution in [2.45, 2.75) is 32.6 Å². The summed E-state index contributed by atoms with van der Waals surface area (Å²) in [7, 11) is 0. The van der Waals surface area contributed by atoms with Gasteiger partial charge in [0, 0.05) is 0 Å². The van der Waals surface area contributed by atoms with Crippen LogP contribution in [0.4, 0.5) is 0 Å². The van der Waals surface area contributed by atoms with Gasteiger partial charge in [0.1, 0.15) is 0 Å². The highest BCUT2D eigenvalue weighted by atomic mass is 16.5. The molecule has 0 saturated heterocycles. The lowest BCUT2D eigenvalue weighted by molar-refractivity contribution is -0.144. The molecule has 0 spiro atoms. The van der Waals surface area contributed by atoms with Crippen LogP contribution in [0.1, 0.15) is 43.7 Å². The Hall–Kier alpha value is -2.62. The Balaban J connectivity index is 2.25. The number of hydrogen-bond acceptors (Lipinski definition) is 3. The van der Waals surface area contributed by atoms with Crippen molar-refractivity contribution in [3.8, 4) is 11.1 Å². The van der Waals surface area contributed by atoms with Crippen LogP contribution in [-0.2, 0) is 14.3 Å². The summed E-state index contributed by atoms with van der Waals surface area (Å²) in [6, 6.07) is 15.2. The van der Waals surface area contributed by atoms with E-state index in [0.29, 0.717) is 6.61 Å². The van der Waals surface area contributed by atoms with E-state index < -0.39 is 11.9 Å². The Kier molecular flexibility index (Phi) is 5.74. The third-order valence-electron chi connectivity index (χ3n) is 4.14. The van der Waals surface area contributed by atoms with Gasteiger partial charge in [0.2, 0.25) is 0 Å². The smallest absolute Gasteiger partial charge is 0.313 e. The second-order valence-electron chi connectivity index (χ2n) is 5.78. The van der Waals surface area contributed by atoms with E-state index >= 15 is 0 Å². The van der Waals surface area contributed by atoms with E-state index in [1.165, 1.54) is 0 Å². The molecule has 0 aliphatic carbocycles. The van der Waals surface area contributed by atoms with Crippen molar-refractivity contribution in [1.82, 2.24) is 0 Å². The molecule has 2 rings (SSSR count). The van der Waals surface area contributed by atoms with Gasteiger partial charge in [-0.25, -0.2) is 0 Å².